The largest absolute Gasteiger partial charge is 0.419 e. The molecule has 164 valence electrons. The number of aromatic nitrogens is 1. The average Bonchev–Trinajstić information content (AvgIpc) is 3.06. The lowest BCUT2D eigenvalue weighted by atomic mass is 10.2. The summed E-state index contributed by atoms with van der Waals surface area (Å²) in [6, 6.07) is 4.07. The van der Waals surface area contributed by atoms with Crippen LogP contribution >= 0.6 is 0 Å². The van der Waals surface area contributed by atoms with E-state index in [1.165, 1.54) is 22.8 Å². The van der Waals surface area contributed by atoms with Crippen LogP contribution in [0.1, 0.15) is 26.2 Å². The number of likely N-dealkylation sites (N-methyl/N-ethyl adjacent to an activating group) is 1. The molecule has 30 heavy (non-hydrogen) atoms. The summed E-state index contributed by atoms with van der Waals surface area (Å²) in [5.74, 6) is -0.614. The molecule has 1 aromatic heterocycles. The minimum Gasteiger partial charge on any atom is -0.407 e. The molecular formula is C20H29N5O5. The number of nitrogens with zero attached hydrogens (tertiary/aromatic N) is 4. The topological polar surface area (TPSA) is 114 Å². The zero-order chi connectivity index (χ0) is 21.5. The summed E-state index contributed by atoms with van der Waals surface area (Å²) in [7, 11) is 0. The maximum atomic E-state index is 12.1. The highest BCUT2D eigenvalue weighted by molar-refractivity contribution is 5.76. The number of carbonyl (C=O) groups excluding carboxylic acids is 1. The lowest BCUT2D eigenvalue weighted by Gasteiger charge is -2.33. The van der Waals surface area contributed by atoms with Gasteiger partial charge in [0.15, 0.2) is 5.58 Å². The van der Waals surface area contributed by atoms with Gasteiger partial charge in [0.25, 0.3) is 5.69 Å². The van der Waals surface area contributed by atoms with E-state index in [1.54, 1.807) is 0 Å². The van der Waals surface area contributed by atoms with Crippen LogP contribution in [0.4, 0.5) is 5.69 Å². The highest BCUT2D eigenvalue weighted by Crippen LogP contribution is 2.20. The van der Waals surface area contributed by atoms with Crippen LogP contribution in [0.15, 0.2) is 27.4 Å². The van der Waals surface area contributed by atoms with E-state index in [4.69, 9.17) is 4.42 Å². The zero-order valence-corrected chi connectivity index (χ0v) is 17.3. The molecule has 1 aliphatic heterocycles. The van der Waals surface area contributed by atoms with Gasteiger partial charge in [-0.1, -0.05) is 6.92 Å². The average molecular weight is 419 g/mol. The van der Waals surface area contributed by atoms with Crippen LogP contribution < -0.4 is 11.1 Å². The molecular weight excluding hydrogens is 390 g/mol. The summed E-state index contributed by atoms with van der Waals surface area (Å²) >= 11 is 0. The number of oxazole rings is 1. The van der Waals surface area contributed by atoms with Crippen LogP contribution in [-0.4, -0.2) is 71.0 Å². The number of piperazine rings is 1. The van der Waals surface area contributed by atoms with Crippen molar-refractivity contribution in [3.8, 4) is 0 Å². The lowest BCUT2D eigenvalue weighted by molar-refractivity contribution is -0.384. The third-order valence-corrected chi connectivity index (χ3v) is 5.53. The van der Waals surface area contributed by atoms with Gasteiger partial charge in [-0.25, -0.2) is 4.79 Å². The van der Waals surface area contributed by atoms with E-state index >= 15 is 0 Å². The van der Waals surface area contributed by atoms with Crippen LogP contribution in [0.3, 0.4) is 0 Å². The first kappa shape index (κ1) is 22.0. The quantitative estimate of drug-likeness (QED) is 0.352. The van der Waals surface area contributed by atoms with Gasteiger partial charge in [-0.3, -0.25) is 19.5 Å². The van der Waals surface area contributed by atoms with Gasteiger partial charge >= 0.3 is 5.76 Å². The SMILES string of the molecule is CCN1CCN(CCCNC(=O)CCCn2c(=O)oc3cc([N+](=O)[O-])ccc32)CC1. The molecule has 0 bridgehead atoms. The summed E-state index contributed by atoms with van der Waals surface area (Å²) in [6.07, 6.45) is 1.71. The van der Waals surface area contributed by atoms with E-state index in [-0.39, 0.29) is 17.2 Å². The van der Waals surface area contributed by atoms with Crippen LogP contribution in [0.25, 0.3) is 11.1 Å². The number of aryl methyl sites for hydroxylation is 1. The molecule has 2 aromatic rings. The molecule has 1 aromatic carbocycles. The van der Waals surface area contributed by atoms with Gasteiger partial charge < -0.3 is 19.5 Å². The standard InChI is InChI=1S/C20H29N5O5/c1-2-22-11-13-23(14-12-22)9-4-8-21-19(26)5-3-10-24-17-7-6-16(25(28)29)15-18(17)30-20(24)27/h6-7,15H,2-5,8-14H2,1H3,(H,21,26). The monoisotopic (exact) mass is 419 g/mol. The minimum absolute atomic E-state index is 0.0395. The highest BCUT2D eigenvalue weighted by atomic mass is 16.6. The van der Waals surface area contributed by atoms with Gasteiger partial charge in [0.1, 0.15) is 0 Å². The molecule has 3 rings (SSSR count). The summed E-state index contributed by atoms with van der Waals surface area (Å²) in [5, 5.41) is 13.8. The van der Waals surface area contributed by atoms with Crippen molar-refractivity contribution in [2.45, 2.75) is 32.7 Å². The molecule has 1 fully saturated rings. The van der Waals surface area contributed by atoms with E-state index < -0.39 is 10.7 Å². The molecule has 10 heteroatoms. The second kappa shape index (κ2) is 10.4. The van der Waals surface area contributed by atoms with Crippen molar-refractivity contribution in [1.29, 1.82) is 0 Å². The lowest BCUT2D eigenvalue weighted by Crippen LogP contribution is -2.46. The third-order valence-electron chi connectivity index (χ3n) is 5.53. The van der Waals surface area contributed by atoms with Crippen molar-refractivity contribution >= 4 is 22.7 Å². The summed E-state index contributed by atoms with van der Waals surface area (Å²) in [4.78, 5) is 39.2. The fourth-order valence-corrected chi connectivity index (χ4v) is 3.73. The van der Waals surface area contributed by atoms with Gasteiger partial charge in [0, 0.05) is 51.8 Å². The van der Waals surface area contributed by atoms with Crippen molar-refractivity contribution in [3.05, 3.63) is 38.9 Å². The second-order valence-corrected chi connectivity index (χ2v) is 7.51. The maximum Gasteiger partial charge on any atom is 0.419 e. The van der Waals surface area contributed by atoms with Crippen molar-refractivity contribution < 1.29 is 14.1 Å². The molecule has 2 heterocycles. The molecule has 1 amide bonds. The molecule has 10 nitrogen and oxygen atoms in total. The minimum atomic E-state index is -0.575. The second-order valence-electron chi connectivity index (χ2n) is 7.51. The van der Waals surface area contributed by atoms with Crippen LogP contribution in [0.2, 0.25) is 0 Å². The Hall–Kier alpha value is -2.72. The molecule has 0 radical (unpaired) electrons. The Balaban J connectivity index is 1.37. The number of benzene rings is 1. The van der Waals surface area contributed by atoms with Crippen molar-refractivity contribution in [2.75, 3.05) is 45.8 Å². The first-order chi connectivity index (χ1) is 14.5. The molecule has 0 unspecified atom stereocenters. The number of nitrogens with one attached hydrogen (secondary N) is 1. The number of fused-ring (bicyclic) bond motifs is 1. The third kappa shape index (κ3) is 5.67. The first-order valence-electron chi connectivity index (χ1n) is 10.5. The van der Waals surface area contributed by atoms with E-state index in [1.807, 2.05) is 0 Å². The predicted octanol–water partition coefficient (Wildman–Crippen LogP) is 1.43. The van der Waals surface area contributed by atoms with E-state index in [0.29, 0.717) is 31.4 Å². The molecule has 0 aliphatic carbocycles. The van der Waals surface area contributed by atoms with Crippen molar-refractivity contribution in [2.24, 2.45) is 0 Å². The zero-order valence-electron chi connectivity index (χ0n) is 17.3. The fraction of sp³-hybridized carbons (Fsp3) is 0.600. The Labute approximate surface area is 174 Å². The van der Waals surface area contributed by atoms with Crippen LogP contribution in [0, 0.1) is 10.1 Å². The van der Waals surface area contributed by atoms with Gasteiger partial charge in [-0.2, -0.15) is 0 Å². The summed E-state index contributed by atoms with van der Waals surface area (Å²) in [5.41, 5.74) is 0.544. The normalized spacial score (nSPS) is 15.5. The van der Waals surface area contributed by atoms with E-state index in [9.17, 15) is 19.7 Å². The molecule has 1 aliphatic rings. The number of nitro benzene ring substituents is 1. The predicted molar refractivity (Wildman–Crippen MR) is 113 cm³/mol. The Morgan fingerprint density at radius 2 is 1.90 bits per heavy atom. The van der Waals surface area contributed by atoms with E-state index in [0.717, 1.165) is 45.7 Å². The molecule has 1 saturated heterocycles. The van der Waals surface area contributed by atoms with Crippen molar-refractivity contribution in [3.63, 3.8) is 0 Å². The number of carbonyl (C=O) groups is 1. The Morgan fingerprint density at radius 3 is 2.60 bits per heavy atom. The van der Waals surface area contributed by atoms with Crippen LogP contribution in [-0.2, 0) is 11.3 Å². The number of nitro groups is 1. The van der Waals surface area contributed by atoms with Crippen LogP contribution in [0.5, 0.6) is 0 Å². The summed E-state index contributed by atoms with van der Waals surface area (Å²) in [6.45, 7) is 9.62. The smallest absolute Gasteiger partial charge is 0.407 e. The Morgan fingerprint density at radius 1 is 1.17 bits per heavy atom. The number of non-ortho nitro benzene ring substituents is 1. The Kier molecular flexibility index (Phi) is 7.58. The maximum absolute atomic E-state index is 12.1. The van der Waals surface area contributed by atoms with Gasteiger partial charge in [-0.05, 0) is 32.0 Å². The number of hydrogen-bond donors (Lipinski definition) is 1. The number of amides is 1. The molecule has 0 atom stereocenters. The fourth-order valence-electron chi connectivity index (χ4n) is 3.73. The van der Waals surface area contributed by atoms with Gasteiger partial charge in [0.05, 0.1) is 16.5 Å². The van der Waals surface area contributed by atoms with Gasteiger partial charge in [0.2, 0.25) is 5.91 Å². The summed E-state index contributed by atoms with van der Waals surface area (Å²) < 4.78 is 6.50. The Bertz CT molecular complexity index is 929. The molecule has 0 spiro atoms. The van der Waals surface area contributed by atoms with E-state index in [2.05, 4.69) is 22.0 Å². The van der Waals surface area contributed by atoms with Crippen molar-refractivity contribution in [1.82, 2.24) is 19.7 Å². The first-order valence-corrected chi connectivity index (χ1v) is 10.5. The molecule has 1 N–H and O–H groups in total. The number of rotatable bonds is 10. The number of hydrogen-bond acceptors (Lipinski definition) is 7. The highest BCUT2D eigenvalue weighted by Gasteiger charge is 2.16. The molecule has 0 saturated carbocycles. The van der Waals surface area contributed by atoms with Gasteiger partial charge in [-0.15, -0.1) is 0 Å².